The van der Waals surface area contributed by atoms with Crippen molar-refractivity contribution in [3.05, 3.63) is 28.7 Å². The second-order valence-corrected chi connectivity index (χ2v) is 7.82. The zero-order valence-corrected chi connectivity index (χ0v) is 13.6. The molecule has 20 heavy (non-hydrogen) atoms. The molecule has 0 radical (unpaired) electrons. The van der Waals surface area contributed by atoms with Crippen molar-refractivity contribution in [1.82, 2.24) is 10.2 Å². The van der Waals surface area contributed by atoms with Crippen LogP contribution in [0.2, 0.25) is 0 Å². The molecular formula is C13H17BrN2O3S. The van der Waals surface area contributed by atoms with E-state index in [4.69, 9.17) is 0 Å². The first-order valence-electron chi connectivity index (χ1n) is 6.38. The number of rotatable bonds is 3. The van der Waals surface area contributed by atoms with Gasteiger partial charge in [0.15, 0.2) is 9.84 Å². The monoisotopic (exact) mass is 360 g/mol. The molecule has 0 aliphatic carbocycles. The molecule has 1 heterocycles. The zero-order valence-electron chi connectivity index (χ0n) is 11.2. The van der Waals surface area contributed by atoms with Crippen LogP contribution in [-0.2, 0) is 14.6 Å². The van der Waals surface area contributed by atoms with E-state index in [1.165, 1.54) is 12.1 Å². The Balaban J connectivity index is 2.10. The molecule has 1 aromatic rings. The summed E-state index contributed by atoms with van der Waals surface area (Å²) in [6.45, 7) is 3.77. The van der Waals surface area contributed by atoms with Crippen LogP contribution in [0.15, 0.2) is 33.6 Å². The fourth-order valence-electron chi connectivity index (χ4n) is 2.16. The normalized spacial score (nSPS) is 19.9. The number of hydrogen-bond donors (Lipinski definition) is 1. The molecule has 0 bridgehead atoms. The van der Waals surface area contributed by atoms with E-state index >= 15 is 0 Å². The van der Waals surface area contributed by atoms with Crippen LogP contribution in [0.5, 0.6) is 0 Å². The van der Waals surface area contributed by atoms with Gasteiger partial charge in [-0.1, -0.05) is 22.0 Å². The average Bonchev–Trinajstić information content (AvgIpc) is 2.38. The quantitative estimate of drug-likeness (QED) is 0.874. The molecule has 2 rings (SSSR count). The molecule has 0 unspecified atom stereocenters. The third-order valence-corrected chi connectivity index (χ3v) is 5.28. The van der Waals surface area contributed by atoms with Gasteiger partial charge in [0.05, 0.1) is 4.90 Å². The van der Waals surface area contributed by atoms with Gasteiger partial charge in [-0.05, 0) is 25.1 Å². The van der Waals surface area contributed by atoms with Crippen LogP contribution in [0, 0.1) is 0 Å². The Labute approximate surface area is 127 Å². The topological polar surface area (TPSA) is 66.5 Å². The molecule has 7 heteroatoms. The summed E-state index contributed by atoms with van der Waals surface area (Å²) >= 11 is 3.24. The highest BCUT2D eigenvalue weighted by Gasteiger charge is 2.26. The molecule has 0 aromatic heterocycles. The van der Waals surface area contributed by atoms with Crippen LogP contribution in [0.1, 0.15) is 6.92 Å². The van der Waals surface area contributed by atoms with E-state index in [1.54, 1.807) is 17.0 Å². The zero-order chi connectivity index (χ0) is 14.8. The van der Waals surface area contributed by atoms with Gasteiger partial charge in [-0.15, -0.1) is 0 Å². The summed E-state index contributed by atoms with van der Waals surface area (Å²) in [5.74, 6) is -0.811. The van der Waals surface area contributed by atoms with Crippen LogP contribution in [0.4, 0.5) is 0 Å². The maximum absolute atomic E-state index is 12.2. The highest BCUT2D eigenvalue weighted by molar-refractivity contribution is 9.10. The van der Waals surface area contributed by atoms with Crippen LogP contribution >= 0.6 is 15.9 Å². The minimum absolute atomic E-state index is 0.170. The Morgan fingerprint density at radius 3 is 2.90 bits per heavy atom. The van der Waals surface area contributed by atoms with E-state index in [0.29, 0.717) is 24.1 Å². The number of nitrogens with one attached hydrogen (secondary N) is 1. The first-order chi connectivity index (χ1) is 9.38. The van der Waals surface area contributed by atoms with Crippen molar-refractivity contribution in [2.75, 3.05) is 25.4 Å². The first kappa shape index (κ1) is 15.5. The van der Waals surface area contributed by atoms with Gasteiger partial charge in [-0.25, -0.2) is 8.42 Å². The standard InChI is InChI=1S/C13H17BrN2O3S/c1-10-8-16(6-5-15-10)13(17)9-20(18,19)12-4-2-3-11(14)7-12/h2-4,7,10,15H,5-6,8-9H2,1H3/t10-/m0/s1. The van der Waals surface area contributed by atoms with Crippen LogP contribution in [0.25, 0.3) is 0 Å². The van der Waals surface area contributed by atoms with Gasteiger partial charge in [-0.3, -0.25) is 4.79 Å². The number of sulfone groups is 1. The lowest BCUT2D eigenvalue weighted by Gasteiger charge is -2.31. The van der Waals surface area contributed by atoms with Gasteiger partial charge < -0.3 is 10.2 Å². The molecule has 1 saturated heterocycles. The summed E-state index contributed by atoms with van der Waals surface area (Å²) in [5.41, 5.74) is 0. The van der Waals surface area contributed by atoms with Crippen LogP contribution in [-0.4, -0.2) is 50.7 Å². The van der Waals surface area contributed by atoms with Crippen molar-refractivity contribution in [3.8, 4) is 0 Å². The van der Waals surface area contributed by atoms with E-state index in [0.717, 1.165) is 0 Å². The fourth-order valence-corrected chi connectivity index (χ4v) is 3.97. The Hall–Kier alpha value is -0.920. The number of carbonyl (C=O) groups is 1. The number of benzene rings is 1. The molecule has 1 N–H and O–H groups in total. The first-order valence-corrected chi connectivity index (χ1v) is 8.82. The third kappa shape index (κ3) is 3.80. The molecule has 1 amide bonds. The van der Waals surface area contributed by atoms with Gasteiger partial charge in [0.25, 0.3) is 0 Å². The maximum Gasteiger partial charge on any atom is 0.238 e. The van der Waals surface area contributed by atoms with Gasteiger partial charge >= 0.3 is 0 Å². The van der Waals surface area contributed by atoms with Gasteiger partial charge in [0.2, 0.25) is 5.91 Å². The molecule has 5 nitrogen and oxygen atoms in total. The molecular weight excluding hydrogens is 344 g/mol. The van der Waals surface area contributed by atoms with Crippen LogP contribution in [0.3, 0.4) is 0 Å². The predicted octanol–water partition coefficient (Wildman–Crippen LogP) is 1.04. The lowest BCUT2D eigenvalue weighted by Crippen LogP contribution is -2.52. The fraction of sp³-hybridized carbons (Fsp3) is 0.462. The predicted molar refractivity (Wildman–Crippen MR) is 80.2 cm³/mol. The minimum atomic E-state index is -3.59. The van der Waals surface area contributed by atoms with Crippen molar-refractivity contribution in [2.24, 2.45) is 0 Å². The number of hydrogen-bond acceptors (Lipinski definition) is 4. The van der Waals surface area contributed by atoms with E-state index < -0.39 is 15.6 Å². The average molecular weight is 361 g/mol. The Morgan fingerprint density at radius 2 is 2.25 bits per heavy atom. The third-order valence-electron chi connectivity index (χ3n) is 3.19. The number of carbonyl (C=O) groups excluding carboxylic acids is 1. The van der Waals surface area contributed by atoms with Gasteiger partial charge in [0, 0.05) is 30.1 Å². The molecule has 0 saturated carbocycles. The molecule has 1 atom stereocenters. The van der Waals surface area contributed by atoms with Crippen molar-refractivity contribution in [1.29, 1.82) is 0 Å². The molecule has 1 aliphatic heterocycles. The summed E-state index contributed by atoms with van der Waals surface area (Å²) in [5, 5.41) is 3.22. The highest BCUT2D eigenvalue weighted by Crippen LogP contribution is 2.17. The summed E-state index contributed by atoms with van der Waals surface area (Å²) < 4.78 is 25.2. The molecule has 110 valence electrons. The minimum Gasteiger partial charge on any atom is -0.339 e. The largest absolute Gasteiger partial charge is 0.339 e. The van der Waals surface area contributed by atoms with E-state index in [-0.39, 0.29) is 16.8 Å². The smallest absolute Gasteiger partial charge is 0.238 e. The maximum atomic E-state index is 12.2. The molecule has 1 aromatic carbocycles. The van der Waals surface area contributed by atoms with Crippen LogP contribution < -0.4 is 5.32 Å². The van der Waals surface area contributed by atoms with Crippen molar-refractivity contribution in [2.45, 2.75) is 17.9 Å². The summed E-state index contributed by atoms with van der Waals surface area (Å²) in [4.78, 5) is 13.9. The van der Waals surface area contributed by atoms with E-state index in [2.05, 4.69) is 21.2 Å². The van der Waals surface area contributed by atoms with Crippen molar-refractivity contribution >= 4 is 31.7 Å². The Morgan fingerprint density at radius 1 is 1.50 bits per heavy atom. The number of piperazine rings is 1. The van der Waals surface area contributed by atoms with Crippen molar-refractivity contribution in [3.63, 3.8) is 0 Å². The second-order valence-electron chi connectivity index (χ2n) is 4.91. The van der Waals surface area contributed by atoms with Gasteiger partial charge in [-0.2, -0.15) is 0 Å². The summed E-state index contributed by atoms with van der Waals surface area (Å²) in [7, 11) is -3.59. The lowest BCUT2D eigenvalue weighted by molar-refractivity contribution is -0.129. The summed E-state index contributed by atoms with van der Waals surface area (Å²) in [6, 6.07) is 6.62. The Kier molecular flexibility index (Phi) is 4.82. The van der Waals surface area contributed by atoms with E-state index in [9.17, 15) is 13.2 Å². The van der Waals surface area contributed by atoms with Crippen molar-refractivity contribution < 1.29 is 13.2 Å². The van der Waals surface area contributed by atoms with E-state index in [1.807, 2.05) is 6.92 Å². The molecule has 1 fully saturated rings. The molecule has 0 spiro atoms. The lowest BCUT2D eigenvalue weighted by atomic mass is 10.2. The molecule has 1 aliphatic rings. The second kappa shape index (κ2) is 6.24. The highest BCUT2D eigenvalue weighted by atomic mass is 79.9. The van der Waals surface area contributed by atoms with Gasteiger partial charge in [0.1, 0.15) is 5.75 Å². The number of halogens is 1. The SMILES string of the molecule is C[C@H]1CN(C(=O)CS(=O)(=O)c2cccc(Br)c2)CCN1. The Bertz CT molecular complexity index is 603. The summed E-state index contributed by atoms with van der Waals surface area (Å²) in [6.07, 6.45) is 0. The number of nitrogens with zero attached hydrogens (tertiary/aromatic N) is 1. The number of amides is 1.